The number of nitrogens with one attached hydrogen (secondary N) is 2. The van der Waals surface area contributed by atoms with Crippen LogP contribution < -0.4 is 5.43 Å². The second-order valence-corrected chi connectivity index (χ2v) is 8.50. The van der Waals surface area contributed by atoms with Gasteiger partial charge in [0, 0.05) is 34.6 Å². The first-order chi connectivity index (χ1) is 16.3. The van der Waals surface area contributed by atoms with Gasteiger partial charge in [0.2, 0.25) is 0 Å². The number of fused-ring (bicyclic) bond motifs is 1. The predicted molar refractivity (Wildman–Crippen MR) is 134 cm³/mol. The number of hydrogen-bond acceptors (Lipinski definition) is 4. The fourth-order valence-electron chi connectivity index (χ4n) is 4.21. The summed E-state index contributed by atoms with van der Waals surface area (Å²) in [7, 11) is 0. The van der Waals surface area contributed by atoms with Gasteiger partial charge in [-0.2, -0.15) is 10.4 Å². The molecule has 0 bridgehead atoms. The Balaban J connectivity index is 1.78. The van der Waals surface area contributed by atoms with E-state index in [-0.39, 0.29) is 16.9 Å². The van der Waals surface area contributed by atoms with Gasteiger partial charge in [0.25, 0.3) is 5.91 Å². The number of phenols is 1. The summed E-state index contributed by atoms with van der Waals surface area (Å²) in [6.07, 6.45) is 2.43. The minimum Gasteiger partial charge on any atom is -0.507 e. The summed E-state index contributed by atoms with van der Waals surface area (Å²) in [5.74, 6) is -0.618. The Kier molecular flexibility index (Phi) is 6.20. The smallest absolute Gasteiger partial charge is 0.271 e. The molecule has 0 saturated heterocycles. The standard InChI is InChI=1S/C28H26N4O2/c1-16-12-17(2)19(4)24(18(16)3)14-26(22-6-5-7-25-23(22)10-11-30-25)31-32-28(34)20-8-9-27(33)21(13-20)15-29/h5-13,30,33H,14H2,1-4H3,(H,32,34). The summed E-state index contributed by atoms with van der Waals surface area (Å²) in [5, 5.41) is 24.5. The predicted octanol–water partition coefficient (Wildman–Crippen LogP) is 5.36. The van der Waals surface area contributed by atoms with Gasteiger partial charge in [-0.1, -0.05) is 18.2 Å². The zero-order chi connectivity index (χ0) is 24.4. The first-order valence-corrected chi connectivity index (χ1v) is 11.0. The van der Waals surface area contributed by atoms with Crippen molar-refractivity contribution in [2.24, 2.45) is 5.10 Å². The fraction of sp³-hybridized carbons (Fsp3) is 0.179. The van der Waals surface area contributed by atoms with Crippen molar-refractivity contribution in [1.29, 1.82) is 5.26 Å². The highest BCUT2D eigenvalue weighted by atomic mass is 16.3. The van der Waals surface area contributed by atoms with Crippen LogP contribution in [0.4, 0.5) is 0 Å². The Morgan fingerprint density at radius 1 is 1.06 bits per heavy atom. The average molecular weight is 451 g/mol. The molecule has 4 rings (SSSR count). The molecule has 34 heavy (non-hydrogen) atoms. The molecule has 0 aliphatic heterocycles. The SMILES string of the molecule is Cc1cc(C)c(C)c(CC(=NNC(=O)c2ccc(O)c(C#N)c2)c2cccc3[nH]ccc23)c1C. The number of nitrogens with zero attached hydrogens (tertiary/aromatic N) is 2. The van der Waals surface area contributed by atoms with E-state index in [0.717, 1.165) is 22.2 Å². The Bertz CT molecular complexity index is 1460. The van der Waals surface area contributed by atoms with Crippen molar-refractivity contribution in [3.05, 3.63) is 99.2 Å². The van der Waals surface area contributed by atoms with Crippen LogP contribution in [0.15, 0.2) is 59.8 Å². The Hall–Kier alpha value is -4.37. The molecule has 0 aliphatic rings. The lowest BCUT2D eigenvalue weighted by molar-refractivity contribution is 0.0954. The number of nitriles is 1. The van der Waals surface area contributed by atoms with E-state index < -0.39 is 5.91 Å². The Morgan fingerprint density at radius 3 is 2.50 bits per heavy atom. The second kappa shape index (κ2) is 9.24. The number of H-pyrrole nitrogens is 1. The summed E-state index contributed by atoms with van der Waals surface area (Å²) in [6.45, 7) is 8.44. The topological polar surface area (TPSA) is 101 Å². The fourth-order valence-corrected chi connectivity index (χ4v) is 4.21. The van der Waals surface area contributed by atoms with Crippen LogP contribution in [0, 0.1) is 39.0 Å². The molecule has 0 atom stereocenters. The first kappa shape index (κ1) is 22.8. The lowest BCUT2D eigenvalue weighted by Gasteiger charge is -2.17. The van der Waals surface area contributed by atoms with Crippen molar-refractivity contribution in [2.45, 2.75) is 34.1 Å². The number of aromatic hydroxyl groups is 1. The quantitative estimate of drug-likeness (QED) is 0.282. The van der Waals surface area contributed by atoms with E-state index in [1.54, 1.807) is 0 Å². The number of aryl methyl sites for hydroxylation is 2. The van der Waals surface area contributed by atoms with Gasteiger partial charge in [0.05, 0.1) is 11.3 Å². The third-order valence-electron chi connectivity index (χ3n) is 6.44. The number of carbonyl (C=O) groups excluding carboxylic acids is 1. The highest BCUT2D eigenvalue weighted by molar-refractivity contribution is 6.12. The summed E-state index contributed by atoms with van der Waals surface area (Å²) in [5.41, 5.74) is 11.6. The number of aromatic amines is 1. The molecule has 3 aromatic carbocycles. The molecule has 170 valence electrons. The molecule has 6 nitrogen and oxygen atoms in total. The maximum absolute atomic E-state index is 12.9. The van der Waals surface area contributed by atoms with Crippen LogP contribution in [-0.4, -0.2) is 21.7 Å². The highest BCUT2D eigenvalue weighted by Gasteiger charge is 2.16. The van der Waals surface area contributed by atoms with Crippen LogP contribution in [0.3, 0.4) is 0 Å². The molecule has 1 aromatic heterocycles. The number of amides is 1. The number of phenolic OH excluding ortho intramolecular Hbond substituents is 1. The number of aromatic nitrogens is 1. The molecule has 0 spiro atoms. The van der Waals surface area contributed by atoms with Gasteiger partial charge in [-0.3, -0.25) is 4.79 Å². The number of benzene rings is 3. The number of rotatable bonds is 5. The average Bonchev–Trinajstić information content (AvgIpc) is 3.32. The van der Waals surface area contributed by atoms with Gasteiger partial charge < -0.3 is 10.1 Å². The molecule has 3 N–H and O–H groups in total. The van der Waals surface area contributed by atoms with Crippen LogP contribution in [0.2, 0.25) is 0 Å². The maximum atomic E-state index is 12.9. The molecule has 4 aromatic rings. The van der Waals surface area contributed by atoms with E-state index in [9.17, 15) is 9.90 Å². The minimum absolute atomic E-state index is 0.0374. The lowest BCUT2D eigenvalue weighted by atomic mass is 9.89. The molecule has 0 fully saturated rings. The maximum Gasteiger partial charge on any atom is 0.271 e. The van der Waals surface area contributed by atoms with E-state index in [1.165, 1.54) is 46.0 Å². The third kappa shape index (κ3) is 4.28. The van der Waals surface area contributed by atoms with Crippen molar-refractivity contribution in [3.63, 3.8) is 0 Å². The highest BCUT2D eigenvalue weighted by Crippen LogP contribution is 2.26. The van der Waals surface area contributed by atoms with E-state index in [2.05, 4.69) is 49.3 Å². The van der Waals surface area contributed by atoms with Crippen LogP contribution in [0.5, 0.6) is 5.75 Å². The van der Waals surface area contributed by atoms with Crippen molar-refractivity contribution < 1.29 is 9.90 Å². The van der Waals surface area contributed by atoms with Gasteiger partial charge in [0.1, 0.15) is 11.8 Å². The van der Waals surface area contributed by atoms with Crippen LogP contribution in [-0.2, 0) is 6.42 Å². The first-order valence-electron chi connectivity index (χ1n) is 11.0. The number of hydrazone groups is 1. The molecule has 1 amide bonds. The van der Waals surface area contributed by atoms with E-state index in [4.69, 9.17) is 5.26 Å². The molecular weight excluding hydrogens is 424 g/mol. The summed E-state index contributed by atoms with van der Waals surface area (Å²) >= 11 is 0. The normalized spacial score (nSPS) is 11.4. The lowest BCUT2D eigenvalue weighted by Crippen LogP contribution is -2.22. The summed E-state index contributed by atoms with van der Waals surface area (Å²) in [4.78, 5) is 16.1. The molecule has 0 aliphatic carbocycles. The Morgan fingerprint density at radius 2 is 1.79 bits per heavy atom. The summed E-state index contributed by atoms with van der Waals surface area (Å²) < 4.78 is 0. The monoisotopic (exact) mass is 450 g/mol. The minimum atomic E-state index is -0.455. The molecular formula is C28H26N4O2. The van der Waals surface area contributed by atoms with Gasteiger partial charge in [-0.15, -0.1) is 0 Å². The molecule has 0 radical (unpaired) electrons. The van der Waals surface area contributed by atoms with E-state index in [1.807, 2.05) is 36.5 Å². The zero-order valence-corrected chi connectivity index (χ0v) is 19.7. The van der Waals surface area contributed by atoms with E-state index >= 15 is 0 Å². The van der Waals surface area contributed by atoms with Crippen LogP contribution >= 0.6 is 0 Å². The van der Waals surface area contributed by atoms with Crippen LogP contribution in [0.1, 0.15) is 49.3 Å². The molecule has 0 unspecified atom stereocenters. The van der Waals surface area contributed by atoms with Crippen molar-refractivity contribution in [2.75, 3.05) is 0 Å². The second-order valence-electron chi connectivity index (χ2n) is 8.50. The number of carbonyl (C=O) groups is 1. The van der Waals surface area contributed by atoms with Crippen LogP contribution in [0.25, 0.3) is 10.9 Å². The van der Waals surface area contributed by atoms with Crippen molar-refractivity contribution in [3.8, 4) is 11.8 Å². The zero-order valence-electron chi connectivity index (χ0n) is 19.7. The van der Waals surface area contributed by atoms with Crippen molar-refractivity contribution >= 4 is 22.5 Å². The van der Waals surface area contributed by atoms with Gasteiger partial charge in [0.15, 0.2) is 0 Å². The largest absolute Gasteiger partial charge is 0.507 e. The van der Waals surface area contributed by atoms with Gasteiger partial charge in [-0.05, 0) is 85.8 Å². The molecule has 1 heterocycles. The van der Waals surface area contributed by atoms with Gasteiger partial charge >= 0.3 is 0 Å². The Labute approximate surface area is 198 Å². The molecule has 0 saturated carbocycles. The summed E-state index contributed by atoms with van der Waals surface area (Å²) in [6, 6.07) is 16.2. The number of hydrogen-bond donors (Lipinski definition) is 3. The van der Waals surface area contributed by atoms with Gasteiger partial charge in [-0.25, -0.2) is 5.43 Å². The van der Waals surface area contributed by atoms with E-state index in [0.29, 0.717) is 6.42 Å². The third-order valence-corrected chi connectivity index (χ3v) is 6.44. The molecule has 6 heteroatoms. The van der Waals surface area contributed by atoms with Crippen molar-refractivity contribution in [1.82, 2.24) is 10.4 Å².